The molecule has 2 nitrogen and oxygen atoms in total. The molecular formula is C14H10IO2+. The number of benzene rings is 2. The molecule has 3 heteroatoms. The van der Waals surface area contributed by atoms with Gasteiger partial charge in [0, 0.05) is 17.2 Å². The van der Waals surface area contributed by atoms with Crippen molar-refractivity contribution in [1.82, 2.24) is 0 Å². The van der Waals surface area contributed by atoms with E-state index in [-0.39, 0.29) is 27.2 Å². The molecule has 1 heterocycles. The van der Waals surface area contributed by atoms with Crippen LogP contribution in [0.1, 0.15) is 10.4 Å². The van der Waals surface area contributed by atoms with Crippen molar-refractivity contribution in [3.63, 3.8) is 0 Å². The summed E-state index contributed by atoms with van der Waals surface area (Å²) in [7, 11) is 1.42. The van der Waals surface area contributed by atoms with E-state index in [0.29, 0.717) is 5.56 Å². The fraction of sp³-hybridized carbons (Fsp3) is 0.0714. The van der Waals surface area contributed by atoms with Crippen LogP contribution in [0.5, 0.6) is 0 Å². The Bertz CT molecular complexity index is 605. The molecule has 0 saturated carbocycles. The molecule has 0 unspecified atom stereocenters. The van der Waals surface area contributed by atoms with E-state index in [1.54, 1.807) is 0 Å². The van der Waals surface area contributed by atoms with Crippen LogP contribution in [-0.4, -0.2) is 13.1 Å². The van der Waals surface area contributed by atoms with Crippen molar-refractivity contribution in [2.75, 3.05) is 7.11 Å². The van der Waals surface area contributed by atoms with Gasteiger partial charge in [-0.3, -0.25) is 0 Å². The van der Waals surface area contributed by atoms with Crippen LogP contribution in [0.2, 0.25) is 0 Å². The molecule has 2 aromatic rings. The van der Waals surface area contributed by atoms with Gasteiger partial charge in [-0.15, -0.1) is 0 Å². The Kier molecular flexibility index (Phi) is 2.63. The van der Waals surface area contributed by atoms with Crippen molar-refractivity contribution < 1.29 is 30.7 Å². The van der Waals surface area contributed by atoms with E-state index in [0.717, 1.165) is 0 Å². The molecule has 1 aliphatic rings. The molecular weight excluding hydrogens is 327 g/mol. The van der Waals surface area contributed by atoms with Crippen LogP contribution in [0.15, 0.2) is 42.5 Å². The summed E-state index contributed by atoms with van der Waals surface area (Å²) in [6.45, 7) is 0. The molecule has 17 heavy (non-hydrogen) atoms. The quantitative estimate of drug-likeness (QED) is 0.446. The van der Waals surface area contributed by atoms with E-state index < -0.39 is 0 Å². The third-order valence-corrected chi connectivity index (χ3v) is 5.75. The zero-order chi connectivity index (χ0) is 11.8. The Morgan fingerprint density at radius 1 is 1.06 bits per heavy atom. The number of ether oxygens (including phenoxy) is 1. The van der Waals surface area contributed by atoms with Crippen LogP contribution >= 0.6 is 0 Å². The van der Waals surface area contributed by atoms with Gasteiger partial charge in [-0.05, 0) is 24.3 Å². The number of fused-ring (bicyclic) bond motifs is 3. The Balaban J connectivity index is 2.10. The molecule has 2 aromatic carbocycles. The molecule has 0 radical (unpaired) electrons. The minimum atomic E-state index is -0.257. The van der Waals surface area contributed by atoms with E-state index in [1.165, 1.54) is 25.4 Å². The maximum absolute atomic E-state index is 11.5. The molecule has 0 spiro atoms. The zero-order valence-electron chi connectivity index (χ0n) is 9.24. The molecule has 1 aliphatic heterocycles. The average molecular weight is 337 g/mol. The van der Waals surface area contributed by atoms with Gasteiger partial charge in [0.15, 0.2) is 0 Å². The van der Waals surface area contributed by atoms with E-state index in [4.69, 9.17) is 4.74 Å². The average Bonchev–Trinajstić information content (AvgIpc) is 2.75. The van der Waals surface area contributed by atoms with Crippen LogP contribution in [0, 0.1) is 7.14 Å². The summed E-state index contributed by atoms with van der Waals surface area (Å²) in [5.74, 6) is -0.257. The van der Waals surface area contributed by atoms with Crippen molar-refractivity contribution in [3.05, 3.63) is 55.2 Å². The summed E-state index contributed by atoms with van der Waals surface area (Å²) in [5, 5.41) is 0. The topological polar surface area (TPSA) is 26.3 Å². The number of halogens is 1. The summed E-state index contributed by atoms with van der Waals surface area (Å²) in [4.78, 5) is 11.5. The predicted molar refractivity (Wildman–Crippen MR) is 60.6 cm³/mol. The van der Waals surface area contributed by atoms with Gasteiger partial charge < -0.3 is 4.74 Å². The Labute approximate surface area is 110 Å². The Hall–Kier alpha value is -1.36. The first-order valence-corrected chi connectivity index (χ1v) is 7.42. The van der Waals surface area contributed by atoms with Gasteiger partial charge in [0.25, 0.3) is 0 Å². The van der Waals surface area contributed by atoms with Gasteiger partial charge in [0.05, 0.1) is 12.7 Å². The highest BCUT2D eigenvalue weighted by atomic mass is 127. The van der Waals surface area contributed by atoms with E-state index in [2.05, 4.69) is 24.3 Å². The van der Waals surface area contributed by atoms with Crippen molar-refractivity contribution in [1.29, 1.82) is 0 Å². The van der Waals surface area contributed by atoms with Gasteiger partial charge >= 0.3 is 27.2 Å². The van der Waals surface area contributed by atoms with Gasteiger partial charge in [-0.25, -0.2) is 4.79 Å². The summed E-state index contributed by atoms with van der Waals surface area (Å²) in [6, 6.07) is 14.3. The lowest BCUT2D eigenvalue weighted by atomic mass is 10.0. The smallest absolute Gasteiger partial charge is 0.359 e. The maximum Gasteiger partial charge on any atom is 0.359 e. The second kappa shape index (κ2) is 4.14. The Morgan fingerprint density at radius 2 is 1.82 bits per heavy atom. The van der Waals surface area contributed by atoms with Crippen LogP contribution < -0.4 is 21.2 Å². The highest BCUT2D eigenvalue weighted by Crippen LogP contribution is 2.22. The van der Waals surface area contributed by atoms with Crippen molar-refractivity contribution in [2.45, 2.75) is 0 Å². The minimum absolute atomic E-state index is 0.153. The first-order valence-electron chi connectivity index (χ1n) is 5.26. The molecule has 0 fully saturated rings. The lowest BCUT2D eigenvalue weighted by Crippen LogP contribution is -3.61. The second-order valence-electron chi connectivity index (χ2n) is 3.76. The number of rotatable bonds is 1. The van der Waals surface area contributed by atoms with Crippen LogP contribution in [0.3, 0.4) is 0 Å². The van der Waals surface area contributed by atoms with Gasteiger partial charge in [-0.2, -0.15) is 0 Å². The summed E-state index contributed by atoms with van der Waals surface area (Å²) < 4.78 is 7.49. The molecule has 84 valence electrons. The maximum atomic E-state index is 11.5. The fourth-order valence-electron chi connectivity index (χ4n) is 1.93. The number of hydrogen-bond acceptors (Lipinski definition) is 2. The number of carbonyl (C=O) groups excluding carboxylic acids is 1. The molecule has 3 rings (SSSR count). The van der Waals surface area contributed by atoms with Gasteiger partial charge in [-0.1, -0.05) is 12.1 Å². The first-order chi connectivity index (χ1) is 8.29. The van der Waals surface area contributed by atoms with E-state index in [1.807, 2.05) is 18.2 Å². The van der Waals surface area contributed by atoms with Gasteiger partial charge in [0.1, 0.15) is 0 Å². The van der Waals surface area contributed by atoms with Gasteiger partial charge in [0.2, 0.25) is 7.14 Å². The van der Waals surface area contributed by atoms with Crippen molar-refractivity contribution >= 4 is 5.97 Å². The van der Waals surface area contributed by atoms with Crippen LogP contribution in [0.25, 0.3) is 11.1 Å². The minimum Gasteiger partial charge on any atom is -0.465 e. The van der Waals surface area contributed by atoms with E-state index in [9.17, 15) is 4.79 Å². The molecule has 0 bridgehead atoms. The van der Waals surface area contributed by atoms with Crippen molar-refractivity contribution in [3.8, 4) is 11.1 Å². The molecule has 0 N–H and O–H groups in total. The zero-order valence-corrected chi connectivity index (χ0v) is 11.4. The normalized spacial score (nSPS) is 11.8. The molecule has 0 atom stereocenters. The van der Waals surface area contributed by atoms with Crippen LogP contribution in [0.4, 0.5) is 0 Å². The summed E-state index contributed by atoms with van der Waals surface area (Å²) in [5.41, 5.74) is 3.26. The third kappa shape index (κ3) is 1.74. The molecule has 0 aromatic heterocycles. The van der Waals surface area contributed by atoms with Crippen LogP contribution in [-0.2, 0) is 4.74 Å². The lowest BCUT2D eigenvalue weighted by molar-refractivity contribution is -0.589. The van der Waals surface area contributed by atoms with E-state index >= 15 is 0 Å². The molecule has 0 saturated heterocycles. The number of hydrogen-bond donors (Lipinski definition) is 0. The monoisotopic (exact) mass is 337 g/mol. The number of carbonyl (C=O) groups is 1. The predicted octanol–water partition coefficient (Wildman–Crippen LogP) is -0.418. The largest absolute Gasteiger partial charge is 0.465 e. The number of esters is 1. The highest BCUT2D eigenvalue weighted by Gasteiger charge is 2.33. The first kappa shape index (κ1) is 10.8. The number of methoxy groups -OCH3 is 1. The lowest BCUT2D eigenvalue weighted by Gasteiger charge is -1.99. The second-order valence-corrected chi connectivity index (χ2v) is 6.62. The summed E-state index contributed by atoms with van der Waals surface area (Å²) in [6.07, 6.45) is 0. The third-order valence-electron chi connectivity index (χ3n) is 2.76. The summed E-state index contributed by atoms with van der Waals surface area (Å²) >= 11 is -0.153. The fourth-order valence-corrected chi connectivity index (χ4v) is 4.95. The van der Waals surface area contributed by atoms with Crippen molar-refractivity contribution in [2.24, 2.45) is 0 Å². The Morgan fingerprint density at radius 3 is 2.65 bits per heavy atom. The SMILES string of the molecule is COC(=O)c1ccc2c(c1)[I+]c1ccccc1-2. The highest BCUT2D eigenvalue weighted by molar-refractivity contribution is 5.90. The molecule has 0 aliphatic carbocycles. The standard InChI is InChI=1S/C14H10IO2/c1-17-14(16)9-6-7-11-10-4-2-3-5-12(10)15-13(11)8-9/h2-8H,1H3/q+1. The molecule has 0 amide bonds.